The maximum atomic E-state index is 8.95. The molecule has 3 nitrogen and oxygen atoms in total. The molecule has 0 saturated carbocycles. The molecule has 1 aliphatic rings. The second kappa shape index (κ2) is 4.36. The summed E-state index contributed by atoms with van der Waals surface area (Å²) in [5.74, 6) is 0.222. The average molecular weight is 172 g/mol. The van der Waals surface area contributed by atoms with Crippen LogP contribution >= 0.6 is 0 Å². The number of aliphatic hydroxyl groups excluding tert-OH is 1. The number of rotatable bonds is 0. The van der Waals surface area contributed by atoms with E-state index in [0.29, 0.717) is 0 Å². The molecule has 0 bridgehead atoms. The van der Waals surface area contributed by atoms with Crippen molar-refractivity contribution in [2.24, 2.45) is 5.41 Å². The molecule has 1 rings (SSSR count). The molecule has 0 spiro atoms. The quantitative estimate of drug-likeness (QED) is 0.523. The predicted octanol–water partition coefficient (Wildman–Crippen LogP) is 1.93. The van der Waals surface area contributed by atoms with Gasteiger partial charge in [0.15, 0.2) is 5.88 Å². The molecule has 1 unspecified atom stereocenters. The van der Waals surface area contributed by atoms with Crippen molar-refractivity contribution in [3.8, 4) is 0 Å². The second-order valence-electron chi connectivity index (χ2n) is 3.66. The van der Waals surface area contributed by atoms with Crippen LogP contribution in [-0.4, -0.2) is 11.1 Å². The van der Waals surface area contributed by atoms with Crippen molar-refractivity contribution in [2.45, 2.75) is 40.7 Å². The third-order valence-corrected chi connectivity index (χ3v) is 1.61. The lowest BCUT2D eigenvalue weighted by molar-refractivity contribution is 0.301. The molecule has 0 radical (unpaired) electrons. The largest absolute Gasteiger partial charge is 0.494 e. The van der Waals surface area contributed by atoms with Crippen LogP contribution < -0.4 is 10.9 Å². The Bertz CT molecular complexity index is 158. The van der Waals surface area contributed by atoms with E-state index >= 15 is 0 Å². The zero-order valence-electron chi connectivity index (χ0n) is 8.60. The van der Waals surface area contributed by atoms with Crippen molar-refractivity contribution < 1.29 is 5.11 Å². The molecule has 1 aliphatic heterocycles. The number of hydrogen-bond donors (Lipinski definition) is 3. The van der Waals surface area contributed by atoms with Gasteiger partial charge in [0.2, 0.25) is 0 Å². The van der Waals surface area contributed by atoms with Gasteiger partial charge in [0.05, 0.1) is 6.04 Å². The summed E-state index contributed by atoms with van der Waals surface area (Å²) in [7, 11) is 0. The Balaban J connectivity index is 0.000000561. The van der Waals surface area contributed by atoms with Gasteiger partial charge in [-0.25, -0.2) is 5.43 Å². The molecule has 0 fully saturated rings. The molecular weight excluding hydrogens is 152 g/mol. The van der Waals surface area contributed by atoms with E-state index in [9.17, 15) is 0 Å². The molecule has 0 aromatic rings. The van der Waals surface area contributed by atoms with Crippen LogP contribution in [0.4, 0.5) is 0 Å². The smallest absolute Gasteiger partial charge is 0.196 e. The van der Waals surface area contributed by atoms with Gasteiger partial charge in [-0.1, -0.05) is 34.6 Å². The molecule has 3 heteroatoms. The maximum absolute atomic E-state index is 8.95. The molecule has 0 aliphatic carbocycles. The van der Waals surface area contributed by atoms with Crippen molar-refractivity contribution in [2.75, 3.05) is 0 Å². The topological polar surface area (TPSA) is 44.3 Å². The van der Waals surface area contributed by atoms with Crippen LogP contribution in [0.5, 0.6) is 0 Å². The summed E-state index contributed by atoms with van der Waals surface area (Å²) < 4.78 is 0. The summed E-state index contributed by atoms with van der Waals surface area (Å²) in [5.41, 5.74) is 5.75. The molecule has 0 saturated heterocycles. The summed E-state index contributed by atoms with van der Waals surface area (Å²) in [4.78, 5) is 0. The lowest BCUT2D eigenvalue weighted by Gasteiger charge is -2.24. The molecular formula is C9H20N2O. The highest BCUT2D eigenvalue weighted by molar-refractivity contribution is 5.06. The van der Waals surface area contributed by atoms with Gasteiger partial charge in [-0.2, -0.15) is 0 Å². The number of hydrogen-bond acceptors (Lipinski definition) is 3. The Morgan fingerprint density at radius 1 is 1.33 bits per heavy atom. The fraction of sp³-hybridized carbons (Fsp3) is 0.778. The van der Waals surface area contributed by atoms with E-state index < -0.39 is 0 Å². The van der Waals surface area contributed by atoms with E-state index in [0.717, 1.165) is 0 Å². The third kappa shape index (κ3) is 3.13. The van der Waals surface area contributed by atoms with Crippen LogP contribution in [-0.2, 0) is 0 Å². The fourth-order valence-corrected chi connectivity index (χ4v) is 0.859. The summed E-state index contributed by atoms with van der Waals surface area (Å²) in [5, 5.41) is 8.95. The van der Waals surface area contributed by atoms with Gasteiger partial charge >= 0.3 is 0 Å². The first kappa shape index (κ1) is 11.3. The first-order chi connectivity index (χ1) is 5.50. The van der Waals surface area contributed by atoms with Crippen LogP contribution in [0, 0.1) is 5.41 Å². The van der Waals surface area contributed by atoms with Crippen molar-refractivity contribution >= 4 is 0 Å². The summed E-state index contributed by atoms with van der Waals surface area (Å²) >= 11 is 0. The van der Waals surface area contributed by atoms with Gasteiger partial charge in [0.25, 0.3) is 0 Å². The van der Waals surface area contributed by atoms with Gasteiger partial charge in [0.1, 0.15) is 0 Å². The zero-order chi connectivity index (χ0) is 9.78. The van der Waals surface area contributed by atoms with E-state index in [1.165, 1.54) is 0 Å². The highest BCUT2D eigenvalue weighted by Crippen LogP contribution is 2.22. The van der Waals surface area contributed by atoms with Crippen molar-refractivity contribution in [3.05, 3.63) is 12.0 Å². The monoisotopic (exact) mass is 172 g/mol. The summed E-state index contributed by atoms with van der Waals surface area (Å²) in [6, 6.07) is 0.215. The van der Waals surface area contributed by atoms with Gasteiger partial charge in [-0.15, -0.1) is 0 Å². The summed E-state index contributed by atoms with van der Waals surface area (Å²) in [6.45, 7) is 10.3. The van der Waals surface area contributed by atoms with E-state index in [1.807, 2.05) is 13.8 Å². The lowest BCUT2D eigenvalue weighted by atomic mass is 9.88. The van der Waals surface area contributed by atoms with Crippen molar-refractivity contribution in [1.82, 2.24) is 10.9 Å². The Kier molecular flexibility index (Phi) is 4.10. The highest BCUT2D eigenvalue weighted by atomic mass is 16.3. The van der Waals surface area contributed by atoms with E-state index in [1.54, 1.807) is 6.08 Å². The third-order valence-electron chi connectivity index (χ3n) is 1.61. The SMILES string of the molecule is CC.CC(C)(C)C1C=C(O)NN1. The Labute approximate surface area is 74.8 Å². The molecule has 0 aromatic heterocycles. The van der Waals surface area contributed by atoms with Gasteiger partial charge in [-0.3, -0.25) is 5.43 Å². The molecule has 0 amide bonds. The van der Waals surface area contributed by atoms with Crippen molar-refractivity contribution in [1.29, 1.82) is 0 Å². The minimum Gasteiger partial charge on any atom is -0.494 e. The van der Waals surface area contributed by atoms with Crippen LogP contribution in [0.25, 0.3) is 0 Å². The zero-order valence-corrected chi connectivity index (χ0v) is 8.60. The normalized spacial score (nSPS) is 22.1. The Morgan fingerprint density at radius 3 is 2.00 bits per heavy atom. The van der Waals surface area contributed by atoms with Gasteiger partial charge in [0, 0.05) is 0 Å². The van der Waals surface area contributed by atoms with Crippen molar-refractivity contribution in [3.63, 3.8) is 0 Å². The second-order valence-corrected chi connectivity index (χ2v) is 3.66. The molecule has 72 valence electrons. The summed E-state index contributed by atoms with van der Waals surface area (Å²) in [6.07, 6.45) is 1.78. The van der Waals surface area contributed by atoms with Crippen LogP contribution in [0.3, 0.4) is 0 Å². The van der Waals surface area contributed by atoms with Gasteiger partial charge < -0.3 is 5.11 Å². The Morgan fingerprint density at radius 2 is 1.83 bits per heavy atom. The highest BCUT2D eigenvalue weighted by Gasteiger charge is 2.26. The molecule has 1 heterocycles. The van der Waals surface area contributed by atoms with E-state index in [4.69, 9.17) is 5.11 Å². The molecule has 12 heavy (non-hydrogen) atoms. The van der Waals surface area contributed by atoms with Gasteiger partial charge in [-0.05, 0) is 11.5 Å². The minimum absolute atomic E-state index is 0.150. The van der Waals surface area contributed by atoms with E-state index in [2.05, 4.69) is 31.6 Å². The predicted molar refractivity (Wildman–Crippen MR) is 51.6 cm³/mol. The standard InChI is InChI=1S/C7H14N2O.C2H6/c1-7(2,3)5-4-6(10)9-8-5;1-2/h4-5,8-10H,1-3H3;1-2H3. The number of nitrogens with one attached hydrogen (secondary N) is 2. The van der Waals surface area contributed by atoms with Crippen LogP contribution in [0.2, 0.25) is 0 Å². The first-order valence-electron chi connectivity index (χ1n) is 4.42. The maximum Gasteiger partial charge on any atom is 0.196 e. The first-order valence-corrected chi connectivity index (χ1v) is 4.42. The minimum atomic E-state index is 0.150. The lowest BCUT2D eigenvalue weighted by Crippen LogP contribution is -2.40. The molecule has 3 N–H and O–H groups in total. The Hall–Kier alpha value is -0.700. The average Bonchev–Trinajstić information content (AvgIpc) is 2.39. The molecule has 1 atom stereocenters. The van der Waals surface area contributed by atoms with Crippen LogP contribution in [0.15, 0.2) is 12.0 Å². The fourth-order valence-electron chi connectivity index (χ4n) is 0.859. The van der Waals surface area contributed by atoms with Crippen LogP contribution in [0.1, 0.15) is 34.6 Å². The number of aliphatic hydroxyl groups is 1. The molecule has 0 aromatic carbocycles. The van der Waals surface area contributed by atoms with E-state index in [-0.39, 0.29) is 17.3 Å². The number of hydrazine groups is 1.